The molecule has 1 saturated carbocycles. The van der Waals surface area contributed by atoms with Gasteiger partial charge in [0.1, 0.15) is 5.82 Å². The van der Waals surface area contributed by atoms with E-state index in [0.717, 1.165) is 31.2 Å². The average molecular weight is 249 g/mol. The number of hydrogen-bond donors (Lipinski definition) is 1. The van der Waals surface area contributed by atoms with Gasteiger partial charge in [-0.05, 0) is 55.2 Å². The van der Waals surface area contributed by atoms with Crippen LogP contribution in [0.1, 0.15) is 57.1 Å². The van der Waals surface area contributed by atoms with Crippen LogP contribution in [0.3, 0.4) is 0 Å². The first-order valence-electron chi connectivity index (χ1n) is 6.88. The molecule has 1 fully saturated rings. The van der Waals surface area contributed by atoms with Crippen molar-refractivity contribution in [1.82, 2.24) is 0 Å². The van der Waals surface area contributed by atoms with E-state index in [1.807, 2.05) is 12.1 Å². The lowest BCUT2D eigenvalue weighted by Crippen LogP contribution is -2.36. The van der Waals surface area contributed by atoms with Crippen LogP contribution in [0.5, 0.6) is 0 Å². The first-order valence-corrected chi connectivity index (χ1v) is 6.88. The lowest BCUT2D eigenvalue weighted by atomic mass is 9.81. The Bertz CT molecular complexity index is 439. The highest BCUT2D eigenvalue weighted by atomic mass is 19.1. The van der Waals surface area contributed by atoms with E-state index in [1.54, 1.807) is 13.0 Å². The Morgan fingerprint density at radius 2 is 1.83 bits per heavy atom. The van der Waals surface area contributed by atoms with Gasteiger partial charge >= 0.3 is 0 Å². The second kappa shape index (κ2) is 4.65. The summed E-state index contributed by atoms with van der Waals surface area (Å²) in [5.41, 5.74) is 8.23. The summed E-state index contributed by atoms with van der Waals surface area (Å²) in [6.45, 7) is 6.39. The van der Waals surface area contributed by atoms with Gasteiger partial charge in [-0.25, -0.2) is 4.39 Å². The van der Waals surface area contributed by atoms with E-state index in [0.29, 0.717) is 11.0 Å². The Labute approximate surface area is 110 Å². The van der Waals surface area contributed by atoms with Crippen molar-refractivity contribution in [1.29, 1.82) is 0 Å². The standard InChI is InChI=1S/C16H24FN/c1-12-5-6-13(11-14(12)17)16(18)8-4-7-15(2,3)9-10-16/h5-6,11H,4,7-10,18H2,1-3H3. The van der Waals surface area contributed by atoms with E-state index >= 15 is 0 Å². The molecule has 0 saturated heterocycles. The molecule has 0 spiro atoms. The third-order valence-electron chi connectivity index (χ3n) is 4.47. The summed E-state index contributed by atoms with van der Waals surface area (Å²) >= 11 is 0. The fraction of sp³-hybridized carbons (Fsp3) is 0.625. The number of hydrogen-bond acceptors (Lipinski definition) is 1. The third kappa shape index (κ3) is 2.74. The molecule has 2 rings (SSSR count). The van der Waals surface area contributed by atoms with Crippen molar-refractivity contribution in [3.8, 4) is 0 Å². The van der Waals surface area contributed by atoms with Crippen molar-refractivity contribution in [2.24, 2.45) is 11.1 Å². The Morgan fingerprint density at radius 1 is 1.11 bits per heavy atom. The zero-order valence-electron chi connectivity index (χ0n) is 11.7. The van der Waals surface area contributed by atoms with Crippen LogP contribution in [-0.4, -0.2) is 0 Å². The van der Waals surface area contributed by atoms with Crippen LogP contribution >= 0.6 is 0 Å². The van der Waals surface area contributed by atoms with Gasteiger partial charge in [-0.1, -0.05) is 32.4 Å². The van der Waals surface area contributed by atoms with Gasteiger partial charge in [-0.3, -0.25) is 0 Å². The maximum Gasteiger partial charge on any atom is 0.126 e. The molecule has 0 aromatic heterocycles. The van der Waals surface area contributed by atoms with E-state index in [9.17, 15) is 4.39 Å². The normalized spacial score (nSPS) is 27.8. The summed E-state index contributed by atoms with van der Waals surface area (Å²) in [6.07, 6.45) is 5.35. The van der Waals surface area contributed by atoms with Crippen molar-refractivity contribution in [2.45, 2.75) is 58.4 Å². The fourth-order valence-electron chi connectivity index (χ4n) is 2.89. The Hall–Kier alpha value is -0.890. The highest BCUT2D eigenvalue weighted by molar-refractivity contribution is 5.29. The second-order valence-corrected chi connectivity index (χ2v) is 6.64. The highest BCUT2D eigenvalue weighted by Gasteiger charge is 2.34. The second-order valence-electron chi connectivity index (χ2n) is 6.64. The van der Waals surface area contributed by atoms with Gasteiger partial charge in [0, 0.05) is 5.54 Å². The van der Waals surface area contributed by atoms with Crippen LogP contribution in [0.2, 0.25) is 0 Å². The van der Waals surface area contributed by atoms with Crippen LogP contribution < -0.4 is 5.73 Å². The predicted molar refractivity (Wildman–Crippen MR) is 73.9 cm³/mol. The number of benzene rings is 1. The molecule has 2 N–H and O–H groups in total. The Kier molecular flexibility index (Phi) is 3.50. The van der Waals surface area contributed by atoms with E-state index in [-0.39, 0.29) is 11.4 Å². The predicted octanol–water partition coefficient (Wildman–Crippen LogP) is 4.28. The monoisotopic (exact) mass is 249 g/mol. The van der Waals surface area contributed by atoms with Gasteiger partial charge in [0.15, 0.2) is 0 Å². The maximum atomic E-state index is 13.7. The Morgan fingerprint density at radius 3 is 2.50 bits per heavy atom. The SMILES string of the molecule is Cc1ccc(C2(N)CCCC(C)(C)CC2)cc1F. The molecule has 2 heteroatoms. The van der Waals surface area contributed by atoms with Crippen molar-refractivity contribution >= 4 is 0 Å². The van der Waals surface area contributed by atoms with Crippen LogP contribution in [0.15, 0.2) is 18.2 Å². The number of rotatable bonds is 1. The molecular formula is C16H24FN. The zero-order valence-corrected chi connectivity index (χ0v) is 11.7. The van der Waals surface area contributed by atoms with Crippen molar-refractivity contribution in [3.63, 3.8) is 0 Å². The number of aryl methyl sites for hydroxylation is 1. The summed E-state index contributed by atoms with van der Waals surface area (Å²) < 4.78 is 13.7. The summed E-state index contributed by atoms with van der Waals surface area (Å²) in [5.74, 6) is -0.138. The van der Waals surface area contributed by atoms with Crippen LogP contribution in [0.4, 0.5) is 4.39 Å². The molecule has 18 heavy (non-hydrogen) atoms. The van der Waals surface area contributed by atoms with Gasteiger partial charge in [-0.2, -0.15) is 0 Å². The summed E-state index contributed by atoms with van der Waals surface area (Å²) in [4.78, 5) is 0. The molecule has 1 aliphatic rings. The van der Waals surface area contributed by atoms with Gasteiger partial charge in [-0.15, -0.1) is 0 Å². The maximum absolute atomic E-state index is 13.7. The lowest BCUT2D eigenvalue weighted by Gasteiger charge is -2.30. The first kappa shape index (κ1) is 13.5. The smallest absolute Gasteiger partial charge is 0.126 e. The van der Waals surface area contributed by atoms with Crippen molar-refractivity contribution < 1.29 is 4.39 Å². The molecule has 100 valence electrons. The van der Waals surface area contributed by atoms with Crippen molar-refractivity contribution in [2.75, 3.05) is 0 Å². The minimum atomic E-state index is -0.345. The molecule has 0 aliphatic heterocycles. The van der Waals surface area contributed by atoms with Gasteiger partial charge in [0.25, 0.3) is 0 Å². The minimum absolute atomic E-state index is 0.138. The van der Waals surface area contributed by atoms with E-state index in [2.05, 4.69) is 13.8 Å². The molecule has 0 heterocycles. The third-order valence-corrected chi connectivity index (χ3v) is 4.47. The zero-order chi connectivity index (χ0) is 13.4. The van der Waals surface area contributed by atoms with Gasteiger partial charge < -0.3 is 5.73 Å². The van der Waals surface area contributed by atoms with Gasteiger partial charge in [0.2, 0.25) is 0 Å². The quantitative estimate of drug-likeness (QED) is 0.739. The molecule has 1 aromatic carbocycles. The molecular weight excluding hydrogens is 225 g/mol. The molecule has 1 atom stereocenters. The number of halogens is 1. The van der Waals surface area contributed by atoms with E-state index in [4.69, 9.17) is 5.73 Å². The van der Waals surface area contributed by atoms with E-state index in [1.165, 1.54) is 6.42 Å². The summed E-state index contributed by atoms with van der Waals surface area (Å²) in [7, 11) is 0. The summed E-state index contributed by atoms with van der Waals surface area (Å²) in [5, 5.41) is 0. The van der Waals surface area contributed by atoms with Crippen LogP contribution in [0.25, 0.3) is 0 Å². The largest absolute Gasteiger partial charge is 0.321 e. The van der Waals surface area contributed by atoms with E-state index < -0.39 is 0 Å². The summed E-state index contributed by atoms with van der Waals surface area (Å²) in [6, 6.07) is 5.47. The average Bonchev–Trinajstić information content (AvgIpc) is 2.43. The molecule has 1 aliphatic carbocycles. The van der Waals surface area contributed by atoms with Crippen LogP contribution in [-0.2, 0) is 5.54 Å². The number of nitrogens with two attached hydrogens (primary N) is 1. The van der Waals surface area contributed by atoms with Gasteiger partial charge in [0.05, 0.1) is 0 Å². The molecule has 0 radical (unpaired) electrons. The molecule has 1 aromatic rings. The molecule has 0 amide bonds. The van der Waals surface area contributed by atoms with Crippen LogP contribution in [0, 0.1) is 18.2 Å². The lowest BCUT2D eigenvalue weighted by molar-refractivity contribution is 0.299. The van der Waals surface area contributed by atoms with Crippen molar-refractivity contribution in [3.05, 3.63) is 35.1 Å². The highest BCUT2D eigenvalue weighted by Crippen LogP contribution is 2.41. The molecule has 0 bridgehead atoms. The minimum Gasteiger partial charge on any atom is -0.321 e. The molecule has 1 unspecified atom stereocenters. The Balaban J connectivity index is 2.27. The fourth-order valence-corrected chi connectivity index (χ4v) is 2.89. The first-order chi connectivity index (χ1) is 8.32. The molecule has 1 nitrogen and oxygen atoms in total. The topological polar surface area (TPSA) is 26.0 Å².